The first-order valence-corrected chi connectivity index (χ1v) is 6.26. The Kier molecular flexibility index (Phi) is 3.57. The SMILES string of the molecule is CCCn1ncnc1CC(=O)C1(C)CCNC1. The number of rotatable bonds is 5. The van der Waals surface area contributed by atoms with E-state index in [2.05, 4.69) is 22.3 Å². The topological polar surface area (TPSA) is 59.8 Å². The lowest BCUT2D eigenvalue weighted by Crippen LogP contribution is -2.32. The van der Waals surface area contributed by atoms with Crippen molar-refractivity contribution in [3.8, 4) is 0 Å². The second kappa shape index (κ2) is 4.96. The molecule has 0 aromatic carbocycles. The van der Waals surface area contributed by atoms with Gasteiger partial charge in [-0.25, -0.2) is 9.67 Å². The highest BCUT2D eigenvalue weighted by Gasteiger charge is 2.36. The summed E-state index contributed by atoms with van der Waals surface area (Å²) in [4.78, 5) is 16.5. The van der Waals surface area contributed by atoms with Crippen LogP contribution in [0.15, 0.2) is 6.33 Å². The van der Waals surface area contributed by atoms with E-state index >= 15 is 0 Å². The zero-order valence-corrected chi connectivity index (χ0v) is 10.6. The molecule has 1 aliphatic rings. The van der Waals surface area contributed by atoms with Crippen LogP contribution in [0.4, 0.5) is 0 Å². The number of hydrogen-bond donors (Lipinski definition) is 1. The molecule has 1 saturated heterocycles. The van der Waals surface area contributed by atoms with Crippen molar-refractivity contribution in [1.82, 2.24) is 20.1 Å². The summed E-state index contributed by atoms with van der Waals surface area (Å²) < 4.78 is 1.84. The van der Waals surface area contributed by atoms with Gasteiger partial charge in [0.2, 0.25) is 0 Å². The van der Waals surface area contributed by atoms with Gasteiger partial charge < -0.3 is 5.32 Å². The maximum Gasteiger partial charge on any atom is 0.147 e. The van der Waals surface area contributed by atoms with Gasteiger partial charge in [0.25, 0.3) is 0 Å². The third-order valence-corrected chi connectivity index (χ3v) is 3.49. The number of carbonyl (C=O) groups is 1. The largest absolute Gasteiger partial charge is 0.316 e. The summed E-state index contributed by atoms with van der Waals surface area (Å²) in [6.07, 6.45) is 3.86. The molecule has 5 nitrogen and oxygen atoms in total. The average molecular weight is 236 g/mol. The van der Waals surface area contributed by atoms with Crippen molar-refractivity contribution < 1.29 is 4.79 Å². The smallest absolute Gasteiger partial charge is 0.147 e. The predicted octanol–water partition coefficient (Wildman–Crippen LogP) is 0.799. The lowest BCUT2D eigenvalue weighted by Gasteiger charge is -2.20. The van der Waals surface area contributed by atoms with E-state index in [1.54, 1.807) is 0 Å². The van der Waals surface area contributed by atoms with E-state index in [1.807, 2.05) is 11.6 Å². The van der Waals surface area contributed by atoms with E-state index in [1.165, 1.54) is 6.33 Å². The van der Waals surface area contributed by atoms with Crippen LogP contribution in [-0.4, -0.2) is 33.6 Å². The Morgan fingerprint density at radius 1 is 1.65 bits per heavy atom. The van der Waals surface area contributed by atoms with E-state index in [-0.39, 0.29) is 11.2 Å². The van der Waals surface area contributed by atoms with Crippen LogP contribution in [0.25, 0.3) is 0 Å². The predicted molar refractivity (Wildman–Crippen MR) is 64.6 cm³/mol. The molecular weight excluding hydrogens is 216 g/mol. The van der Waals surface area contributed by atoms with Gasteiger partial charge in [-0.3, -0.25) is 4.79 Å². The number of nitrogens with one attached hydrogen (secondary N) is 1. The maximum absolute atomic E-state index is 12.3. The Bertz CT molecular complexity index is 393. The Hall–Kier alpha value is -1.23. The summed E-state index contributed by atoms with van der Waals surface area (Å²) in [7, 11) is 0. The second-order valence-corrected chi connectivity index (χ2v) is 4.99. The van der Waals surface area contributed by atoms with Crippen LogP contribution < -0.4 is 5.32 Å². The van der Waals surface area contributed by atoms with E-state index in [0.29, 0.717) is 6.42 Å². The summed E-state index contributed by atoms with van der Waals surface area (Å²) in [5, 5.41) is 7.40. The first-order chi connectivity index (χ1) is 8.15. The number of aromatic nitrogens is 3. The number of ketones is 1. The average Bonchev–Trinajstić information content (AvgIpc) is 2.90. The van der Waals surface area contributed by atoms with Gasteiger partial charge in [-0.2, -0.15) is 5.10 Å². The van der Waals surface area contributed by atoms with Crippen molar-refractivity contribution in [2.24, 2.45) is 5.41 Å². The van der Waals surface area contributed by atoms with Crippen molar-refractivity contribution in [2.45, 2.75) is 39.7 Å². The third kappa shape index (κ3) is 2.54. The first kappa shape index (κ1) is 12.2. The van der Waals surface area contributed by atoms with Gasteiger partial charge in [-0.15, -0.1) is 0 Å². The molecule has 0 radical (unpaired) electrons. The maximum atomic E-state index is 12.3. The van der Waals surface area contributed by atoms with Crippen LogP contribution in [-0.2, 0) is 17.8 Å². The highest BCUT2D eigenvalue weighted by molar-refractivity contribution is 5.86. The molecule has 5 heteroatoms. The van der Waals surface area contributed by atoms with Gasteiger partial charge in [0.05, 0.1) is 6.42 Å². The molecule has 0 saturated carbocycles. The second-order valence-electron chi connectivity index (χ2n) is 4.99. The van der Waals surface area contributed by atoms with E-state index in [0.717, 1.165) is 38.3 Å². The van der Waals surface area contributed by atoms with Crippen LogP contribution in [0.5, 0.6) is 0 Å². The molecule has 1 unspecified atom stereocenters. The van der Waals surface area contributed by atoms with Gasteiger partial charge in [-0.1, -0.05) is 13.8 Å². The molecule has 1 aromatic heterocycles. The Morgan fingerprint density at radius 3 is 3.12 bits per heavy atom. The molecule has 1 N–H and O–H groups in total. The van der Waals surface area contributed by atoms with Crippen LogP contribution in [0.1, 0.15) is 32.5 Å². The molecule has 0 spiro atoms. The number of Topliss-reactive ketones (excluding diaryl/α,β-unsaturated/α-hetero) is 1. The van der Waals surface area contributed by atoms with Crippen molar-refractivity contribution >= 4 is 5.78 Å². The fraction of sp³-hybridized carbons (Fsp3) is 0.750. The molecule has 2 heterocycles. The van der Waals surface area contributed by atoms with Gasteiger partial charge in [0.15, 0.2) is 0 Å². The highest BCUT2D eigenvalue weighted by Crippen LogP contribution is 2.26. The summed E-state index contributed by atoms with van der Waals surface area (Å²) in [6.45, 7) is 6.68. The summed E-state index contributed by atoms with van der Waals surface area (Å²) in [5.41, 5.74) is -0.219. The van der Waals surface area contributed by atoms with Crippen LogP contribution in [0.3, 0.4) is 0 Å². The standard InChI is InChI=1S/C12H20N4O/c1-3-6-16-11(14-9-15-16)7-10(17)12(2)4-5-13-8-12/h9,13H,3-8H2,1-2H3. The fourth-order valence-corrected chi connectivity index (χ4v) is 2.24. The third-order valence-electron chi connectivity index (χ3n) is 3.49. The molecule has 0 amide bonds. The molecule has 0 aliphatic carbocycles. The fourth-order valence-electron chi connectivity index (χ4n) is 2.24. The van der Waals surface area contributed by atoms with Gasteiger partial charge in [-0.05, 0) is 19.4 Å². The number of hydrogen-bond acceptors (Lipinski definition) is 4. The monoisotopic (exact) mass is 236 g/mol. The van der Waals surface area contributed by atoms with Crippen molar-refractivity contribution in [3.05, 3.63) is 12.2 Å². The van der Waals surface area contributed by atoms with E-state index in [9.17, 15) is 4.79 Å². The first-order valence-electron chi connectivity index (χ1n) is 6.26. The highest BCUT2D eigenvalue weighted by atomic mass is 16.1. The van der Waals surface area contributed by atoms with Gasteiger partial charge in [0.1, 0.15) is 17.9 Å². The minimum Gasteiger partial charge on any atom is -0.316 e. The van der Waals surface area contributed by atoms with Gasteiger partial charge >= 0.3 is 0 Å². The summed E-state index contributed by atoms with van der Waals surface area (Å²) in [5.74, 6) is 1.07. The van der Waals surface area contributed by atoms with Crippen LogP contribution in [0.2, 0.25) is 0 Å². The van der Waals surface area contributed by atoms with Crippen molar-refractivity contribution in [3.63, 3.8) is 0 Å². The zero-order valence-electron chi connectivity index (χ0n) is 10.6. The molecule has 1 aromatic rings. The number of aryl methyl sites for hydroxylation is 1. The molecule has 1 atom stereocenters. The van der Waals surface area contributed by atoms with E-state index in [4.69, 9.17) is 0 Å². The lowest BCUT2D eigenvalue weighted by atomic mass is 9.83. The molecular formula is C12H20N4O. The van der Waals surface area contributed by atoms with Crippen molar-refractivity contribution in [1.29, 1.82) is 0 Å². The molecule has 1 fully saturated rings. The number of carbonyl (C=O) groups excluding carboxylic acids is 1. The zero-order chi connectivity index (χ0) is 12.3. The molecule has 17 heavy (non-hydrogen) atoms. The lowest BCUT2D eigenvalue weighted by molar-refractivity contribution is -0.126. The normalized spacial score (nSPS) is 24.1. The minimum absolute atomic E-state index is 0.219. The number of nitrogens with zero attached hydrogens (tertiary/aromatic N) is 3. The van der Waals surface area contributed by atoms with Gasteiger partial charge in [0, 0.05) is 18.5 Å². The molecule has 0 bridgehead atoms. The Morgan fingerprint density at radius 2 is 2.47 bits per heavy atom. The van der Waals surface area contributed by atoms with Crippen LogP contribution >= 0.6 is 0 Å². The molecule has 2 rings (SSSR count). The summed E-state index contributed by atoms with van der Waals surface area (Å²) in [6, 6.07) is 0. The van der Waals surface area contributed by atoms with Crippen LogP contribution in [0, 0.1) is 5.41 Å². The Balaban J connectivity index is 2.04. The van der Waals surface area contributed by atoms with Crippen molar-refractivity contribution in [2.75, 3.05) is 13.1 Å². The molecule has 94 valence electrons. The minimum atomic E-state index is -0.219. The summed E-state index contributed by atoms with van der Waals surface area (Å²) >= 11 is 0. The Labute approximate surface area is 102 Å². The molecule has 1 aliphatic heterocycles. The quantitative estimate of drug-likeness (QED) is 0.821. The van der Waals surface area contributed by atoms with E-state index < -0.39 is 0 Å².